The van der Waals surface area contributed by atoms with Crippen LogP contribution in [0.3, 0.4) is 0 Å². The summed E-state index contributed by atoms with van der Waals surface area (Å²) >= 11 is 0. The highest BCUT2D eigenvalue weighted by atomic mass is 35.5. The Labute approximate surface area is 160 Å². The van der Waals surface area contributed by atoms with Gasteiger partial charge < -0.3 is 19.7 Å². The highest BCUT2D eigenvalue weighted by Crippen LogP contribution is 2.19. The van der Waals surface area contributed by atoms with Gasteiger partial charge in [0.15, 0.2) is 6.61 Å². The molecule has 6 heteroatoms. The molecule has 1 saturated heterocycles. The first-order valence-corrected chi connectivity index (χ1v) is 8.58. The van der Waals surface area contributed by atoms with E-state index in [0.29, 0.717) is 12.4 Å². The Kier molecular flexibility index (Phi) is 7.75. The molecular formula is C20H25ClN2O3. The van der Waals surface area contributed by atoms with Gasteiger partial charge in [-0.25, -0.2) is 0 Å². The van der Waals surface area contributed by atoms with Crippen molar-refractivity contribution >= 4 is 18.3 Å². The van der Waals surface area contributed by atoms with E-state index >= 15 is 0 Å². The van der Waals surface area contributed by atoms with E-state index in [1.165, 1.54) is 0 Å². The molecular weight excluding hydrogens is 352 g/mol. The number of ether oxygens (including phenoxy) is 2. The van der Waals surface area contributed by atoms with Crippen molar-refractivity contribution in [2.24, 2.45) is 0 Å². The number of nitrogens with one attached hydrogen (secondary N) is 1. The van der Waals surface area contributed by atoms with Crippen molar-refractivity contribution in [2.45, 2.75) is 19.1 Å². The molecule has 0 radical (unpaired) electrons. The van der Waals surface area contributed by atoms with Gasteiger partial charge in [-0.3, -0.25) is 4.79 Å². The summed E-state index contributed by atoms with van der Waals surface area (Å²) in [7, 11) is 1.84. The average molecular weight is 377 g/mol. The maximum atomic E-state index is 12.2. The number of carbonyl (C=O) groups is 1. The molecule has 1 aliphatic rings. The Morgan fingerprint density at radius 3 is 2.35 bits per heavy atom. The SMILES string of the molecule is CN(C(=O)COc1ccc(OCc2ccccc2)cc1)C1CCNC1.Cl. The third-order valence-corrected chi connectivity index (χ3v) is 4.41. The molecule has 1 aliphatic heterocycles. The molecule has 1 fully saturated rings. The molecule has 1 amide bonds. The van der Waals surface area contributed by atoms with Crippen LogP contribution in [0.25, 0.3) is 0 Å². The molecule has 0 saturated carbocycles. The molecule has 3 rings (SSSR count). The molecule has 0 bridgehead atoms. The van der Waals surface area contributed by atoms with Crippen molar-refractivity contribution < 1.29 is 14.3 Å². The molecule has 0 aromatic heterocycles. The Bertz CT molecular complexity index is 673. The van der Waals surface area contributed by atoms with E-state index < -0.39 is 0 Å². The van der Waals surface area contributed by atoms with Crippen LogP contribution < -0.4 is 14.8 Å². The van der Waals surface area contributed by atoms with Crippen molar-refractivity contribution in [2.75, 3.05) is 26.7 Å². The second-order valence-corrected chi connectivity index (χ2v) is 6.19. The molecule has 0 aliphatic carbocycles. The summed E-state index contributed by atoms with van der Waals surface area (Å²) in [5, 5.41) is 3.26. The summed E-state index contributed by atoms with van der Waals surface area (Å²) in [6.07, 6.45) is 0.996. The quantitative estimate of drug-likeness (QED) is 0.807. The van der Waals surface area contributed by atoms with E-state index in [9.17, 15) is 4.79 Å². The summed E-state index contributed by atoms with van der Waals surface area (Å²) in [5.74, 6) is 1.44. The fraction of sp³-hybridized carbons (Fsp3) is 0.350. The van der Waals surface area contributed by atoms with Crippen LogP contribution in [-0.4, -0.2) is 43.6 Å². The standard InChI is InChI=1S/C20H24N2O3.ClH/c1-22(17-11-12-21-13-17)20(23)15-25-19-9-7-18(8-10-19)24-14-16-5-3-2-4-6-16;/h2-10,17,21H,11-15H2,1H3;1H. The minimum Gasteiger partial charge on any atom is -0.489 e. The Hall–Kier alpha value is -2.24. The molecule has 1 N–H and O–H groups in total. The first-order chi connectivity index (χ1) is 12.2. The van der Waals surface area contributed by atoms with Crippen LogP contribution in [0.4, 0.5) is 0 Å². The summed E-state index contributed by atoms with van der Waals surface area (Å²) in [4.78, 5) is 14.0. The normalized spacial score (nSPS) is 15.8. The number of benzene rings is 2. The van der Waals surface area contributed by atoms with Gasteiger partial charge in [0, 0.05) is 19.6 Å². The van der Waals surface area contributed by atoms with Gasteiger partial charge in [0.05, 0.1) is 0 Å². The van der Waals surface area contributed by atoms with Crippen LogP contribution in [0.15, 0.2) is 54.6 Å². The Morgan fingerprint density at radius 2 is 1.73 bits per heavy atom. The first-order valence-electron chi connectivity index (χ1n) is 8.58. The van der Waals surface area contributed by atoms with E-state index in [1.54, 1.807) is 4.90 Å². The highest BCUT2D eigenvalue weighted by molar-refractivity contribution is 5.85. The van der Waals surface area contributed by atoms with Crippen LogP contribution in [0.5, 0.6) is 11.5 Å². The lowest BCUT2D eigenvalue weighted by atomic mass is 10.2. The maximum Gasteiger partial charge on any atom is 0.260 e. The summed E-state index contributed by atoms with van der Waals surface area (Å²) in [6.45, 7) is 2.40. The van der Waals surface area contributed by atoms with Crippen LogP contribution in [-0.2, 0) is 11.4 Å². The van der Waals surface area contributed by atoms with Crippen molar-refractivity contribution in [1.29, 1.82) is 0 Å². The van der Waals surface area contributed by atoms with Gasteiger partial charge in [-0.1, -0.05) is 30.3 Å². The predicted molar refractivity (Wildman–Crippen MR) is 104 cm³/mol. The number of hydrogen-bond donors (Lipinski definition) is 1. The molecule has 2 aromatic rings. The van der Waals surface area contributed by atoms with Crippen molar-refractivity contribution in [3.63, 3.8) is 0 Å². The van der Waals surface area contributed by atoms with E-state index in [1.807, 2.05) is 61.6 Å². The van der Waals surface area contributed by atoms with E-state index in [-0.39, 0.29) is 31.0 Å². The first kappa shape index (κ1) is 20.1. The highest BCUT2D eigenvalue weighted by Gasteiger charge is 2.23. The average Bonchev–Trinajstić information content (AvgIpc) is 3.20. The van der Waals surface area contributed by atoms with Gasteiger partial charge in [-0.15, -0.1) is 12.4 Å². The molecule has 1 unspecified atom stereocenters. The molecule has 5 nitrogen and oxygen atoms in total. The zero-order valence-electron chi connectivity index (χ0n) is 14.9. The lowest BCUT2D eigenvalue weighted by Gasteiger charge is -2.23. The van der Waals surface area contributed by atoms with Gasteiger partial charge >= 0.3 is 0 Å². The number of amides is 1. The number of hydrogen-bond acceptors (Lipinski definition) is 4. The van der Waals surface area contributed by atoms with Crippen LogP contribution in [0.1, 0.15) is 12.0 Å². The number of likely N-dealkylation sites (N-methyl/N-ethyl adjacent to an activating group) is 1. The van der Waals surface area contributed by atoms with Crippen molar-refractivity contribution in [3.8, 4) is 11.5 Å². The van der Waals surface area contributed by atoms with Crippen LogP contribution in [0, 0.1) is 0 Å². The monoisotopic (exact) mass is 376 g/mol. The fourth-order valence-electron chi connectivity index (χ4n) is 2.79. The topological polar surface area (TPSA) is 50.8 Å². The summed E-state index contributed by atoms with van der Waals surface area (Å²) < 4.78 is 11.3. The fourth-order valence-corrected chi connectivity index (χ4v) is 2.79. The van der Waals surface area contributed by atoms with Gasteiger partial charge in [-0.2, -0.15) is 0 Å². The van der Waals surface area contributed by atoms with Crippen LogP contribution in [0.2, 0.25) is 0 Å². The van der Waals surface area contributed by atoms with Gasteiger partial charge in [-0.05, 0) is 42.8 Å². The minimum absolute atomic E-state index is 0. The zero-order valence-corrected chi connectivity index (χ0v) is 15.7. The van der Waals surface area contributed by atoms with Crippen LogP contribution >= 0.6 is 12.4 Å². The van der Waals surface area contributed by atoms with Gasteiger partial charge in [0.2, 0.25) is 0 Å². The molecule has 140 valence electrons. The van der Waals surface area contributed by atoms with Gasteiger partial charge in [0.25, 0.3) is 5.91 Å². The number of carbonyl (C=O) groups excluding carboxylic acids is 1. The third kappa shape index (κ3) is 5.64. The Balaban J connectivity index is 0.00000243. The Morgan fingerprint density at radius 1 is 1.08 bits per heavy atom. The lowest BCUT2D eigenvalue weighted by molar-refractivity contribution is -0.133. The largest absolute Gasteiger partial charge is 0.489 e. The second kappa shape index (κ2) is 10.0. The number of rotatable bonds is 7. The summed E-state index contributed by atoms with van der Waals surface area (Å²) in [5.41, 5.74) is 1.12. The maximum absolute atomic E-state index is 12.2. The molecule has 1 atom stereocenters. The van der Waals surface area contributed by atoms with E-state index in [2.05, 4.69) is 5.32 Å². The molecule has 1 heterocycles. The van der Waals surface area contributed by atoms with Crippen molar-refractivity contribution in [1.82, 2.24) is 10.2 Å². The predicted octanol–water partition coefficient (Wildman–Crippen LogP) is 2.89. The lowest BCUT2D eigenvalue weighted by Crippen LogP contribution is -2.40. The van der Waals surface area contributed by atoms with Gasteiger partial charge in [0.1, 0.15) is 18.1 Å². The molecule has 0 spiro atoms. The zero-order chi connectivity index (χ0) is 17.5. The second-order valence-electron chi connectivity index (χ2n) is 6.19. The molecule has 26 heavy (non-hydrogen) atoms. The third-order valence-electron chi connectivity index (χ3n) is 4.41. The van der Waals surface area contributed by atoms with E-state index in [4.69, 9.17) is 9.47 Å². The van der Waals surface area contributed by atoms with Crippen molar-refractivity contribution in [3.05, 3.63) is 60.2 Å². The number of nitrogens with zero attached hydrogens (tertiary/aromatic N) is 1. The smallest absolute Gasteiger partial charge is 0.260 e. The van der Waals surface area contributed by atoms with E-state index in [0.717, 1.165) is 30.8 Å². The summed E-state index contributed by atoms with van der Waals surface area (Å²) in [6, 6.07) is 17.6. The molecule has 2 aromatic carbocycles. The number of halogens is 1. The minimum atomic E-state index is -0.00176.